The molecule has 0 unspecified atom stereocenters. The van der Waals surface area contributed by atoms with E-state index in [2.05, 4.69) is 20.8 Å². The molecule has 0 amide bonds. The molecular weight excluding hydrogens is 224 g/mol. The Labute approximate surface area is 110 Å². The lowest BCUT2D eigenvalue weighted by atomic mass is 9.92. The Morgan fingerprint density at radius 2 is 1.89 bits per heavy atom. The van der Waals surface area contributed by atoms with Crippen LogP contribution in [-0.2, 0) is 9.53 Å². The summed E-state index contributed by atoms with van der Waals surface area (Å²) in [6.45, 7) is 8.76. The fourth-order valence-corrected chi connectivity index (χ4v) is 1.26. The molecule has 1 aromatic carbocycles. The number of carbonyl (C=O) groups excluding carboxylic acids is 1. The van der Waals surface area contributed by atoms with Crippen molar-refractivity contribution in [1.82, 2.24) is 0 Å². The van der Waals surface area contributed by atoms with Crippen molar-refractivity contribution in [3.63, 3.8) is 0 Å². The molecule has 1 aromatic rings. The topological polar surface area (TPSA) is 26.3 Å². The summed E-state index contributed by atoms with van der Waals surface area (Å²) in [5.74, 6) is -0.280. The molecule has 1 rings (SSSR count). The molecule has 18 heavy (non-hydrogen) atoms. The molecule has 0 aliphatic carbocycles. The van der Waals surface area contributed by atoms with Crippen LogP contribution in [0.4, 0.5) is 0 Å². The molecule has 2 heteroatoms. The zero-order valence-corrected chi connectivity index (χ0v) is 11.7. The Balaban J connectivity index is 2.47. The van der Waals surface area contributed by atoms with Gasteiger partial charge in [-0.05, 0) is 30.4 Å². The van der Waals surface area contributed by atoms with E-state index in [1.807, 2.05) is 31.2 Å². The van der Waals surface area contributed by atoms with Gasteiger partial charge in [-0.3, -0.25) is 0 Å². The van der Waals surface area contributed by atoms with Crippen molar-refractivity contribution in [1.29, 1.82) is 0 Å². The Hall–Kier alpha value is -1.57. The van der Waals surface area contributed by atoms with Crippen LogP contribution in [0.25, 0.3) is 6.08 Å². The van der Waals surface area contributed by atoms with Crippen molar-refractivity contribution in [2.75, 3.05) is 6.61 Å². The van der Waals surface area contributed by atoms with Crippen LogP contribution in [0.2, 0.25) is 0 Å². The first-order valence-corrected chi connectivity index (χ1v) is 6.34. The fraction of sp³-hybridized carbons (Fsp3) is 0.438. The highest BCUT2D eigenvalue weighted by Gasteiger charge is 2.16. The second-order valence-corrected chi connectivity index (χ2v) is 5.37. The lowest BCUT2D eigenvalue weighted by molar-refractivity contribution is -0.140. The van der Waals surface area contributed by atoms with E-state index in [0.717, 1.165) is 12.0 Å². The molecule has 0 radical (unpaired) electrons. The van der Waals surface area contributed by atoms with Gasteiger partial charge in [0.2, 0.25) is 0 Å². The van der Waals surface area contributed by atoms with E-state index in [1.54, 1.807) is 6.08 Å². The molecule has 0 N–H and O–H groups in total. The van der Waals surface area contributed by atoms with E-state index in [-0.39, 0.29) is 11.4 Å². The lowest BCUT2D eigenvalue weighted by Gasteiger charge is -2.21. The number of ether oxygens (including phenoxy) is 1. The van der Waals surface area contributed by atoms with Gasteiger partial charge in [-0.2, -0.15) is 0 Å². The summed E-state index contributed by atoms with van der Waals surface area (Å²) in [5.41, 5.74) is 2.26. The standard InChI is InChI=1S/C16H22O2/c1-5-16(3,4)12-18-15(17)11-10-14-8-6-13(2)7-9-14/h6-11H,5,12H2,1-4H3/b11-10+. The fourth-order valence-electron chi connectivity index (χ4n) is 1.26. The van der Waals surface area contributed by atoms with Crippen LogP contribution in [0.1, 0.15) is 38.3 Å². The first-order chi connectivity index (χ1) is 8.43. The summed E-state index contributed by atoms with van der Waals surface area (Å²) in [7, 11) is 0. The van der Waals surface area contributed by atoms with Crippen LogP contribution in [0.5, 0.6) is 0 Å². The third-order valence-electron chi connectivity index (χ3n) is 3.05. The zero-order chi connectivity index (χ0) is 13.6. The Morgan fingerprint density at radius 3 is 2.44 bits per heavy atom. The van der Waals surface area contributed by atoms with Gasteiger partial charge in [-0.25, -0.2) is 4.79 Å². The lowest BCUT2D eigenvalue weighted by Crippen LogP contribution is -2.20. The van der Waals surface area contributed by atoms with E-state index < -0.39 is 0 Å². The average Bonchev–Trinajstić information content (AvgIpc) is 2.36. The van der Waals surface area contributed by atoms with Crippen molar-refractivity contribution in [2.24, 2.45) is 5.41 Å². The Kier molecular flexibility index (Phi) is 5.14. The quantitative estimate of drug-likeness (QED) is 0.580. The van der Waals surface area contributed by atoms with Gasteiger partial charge in [0, 0.05) is 6.08 Å². The summed E-state index contributed by atoms with van der Waals surface area (Å²) in [6, 6.07) is 8.00. The van der Waals surface area contributed by atoms with Crippen molar-refractivity contribution in [2.45, 2.75) is 34.1 Å². The van der Waals surface area contributed by atoms with E-state index >= 15 is 0 Å². The van der Waals surface area contributed by atoms with Gasteiger partial charge in [0.25, 0.3) is 0 Å². The highest BCUT2D eigenvalue weighted by molar-refractivity contribution is 5.87. The van der Waals surface area contributed by atoms with E-state index in [1.165, 1.54) is 11.6 Å². The predicted molar refractivity (Wildman–Crippen MR) is 75.2 cm³/mol. The number of carbonyl (C=O) groups is 1. The van der Waals surface area contributed by atoms with Crippen LogP contribution >= 0.6 is 0 Å². The summed E-state index contributed by atoms with van der Waals surface area (Å²) >= 11 is 0. The minimum absolute atomic E-state index is 0.0490. The maximum absolute atomic E-state index is 11.5. The van der Waals surface area contributed by atoms with Crippen LogP contribution in [0.3, 0.4) is 0 Å². The van der Waals surface area contributed by atoms with Crippen LogP contribution in [-0.4, -0.2) is 12.6 Å². The van der Waals surface area contributed by atoms with Crippen molar-refractivity contribution in [3.05, 3.63) is 41.5 Å². The summed E-state index contributed by atoms with van der Waals surface area (Å²) in [5, 5.41) is 0. The minimum Gasteiger partial charge on any atom is -0.462 e. The molecule has 0 aliphatic rings. The van der Waals surface area contributed by atoms with Crippen LogP contribution < -0.4 is 0 Å². The van der Waals surface area contributed by atoms with E-state index in [0.29, 0.717) is 6.61 Å². The molecule has 0 aromatic heterocycles. The maximum Gasteiger partial charge on any atom is 0.330 e. The number of benzene rings is 1. The molecule has 0 heterocycles. The van der Waals surface area contributed by atoms with Crippen molar-refractivity contribution >= 4 is 12.0 Å². The molecule has 0 spiro atoms. The second kappa shape index (κ2) is 6.39. The molecule has 0 saturated carbocycles. The number of esters is 1. The first kappa shape index (κ1) is 14.5. The van der Waals surface area contributed by atoms with Gasteiger partial charge in [-0.1, -0.05) is 50.6 Å². The number of aryl methyl sites for hydroxylation is 1. The smallest absolute Gasteiger partial charge is 0.330 e. The number of hydrogen-bond acceptors (Lipinski definition) is 2. The third-order valence-corrected chi connectivity index (χ3v) is 3.05. The molecular formula is C16H22O2. The van der Waals surface area contributed by atoms with Gasteiger partial charge in [0.05, 0.1) is 6.61 Å². The van der Waals surface area contributed by atoms with Gasteiger partial charge >= 0.3 is 5.97 Å². The van der Waals surface area contributed by atoms with E-state index in [4.69, 9.17) is 4.74 Å². The van der Waals surface area contributed by atoms with E-state index in [9.17, 15) is 4.79 Å². The zero-order valence-electron chi connectivity index (χ0n) is 11.7. The number of rotatable bonds is 5. The van der Waals surface area contributed by atoms with Crippen molar-refractivity contribution in [3.8, 4) is 0 Å². The predicted octanol–water partition coefficient (Wildman–Crippen LogP) is 3.99. The molecule has 98 valence electrons. The van der Waals surface area contributed by atoms with Crippen LogP contribution in [0.15, 0.2) is 30.3 Å². The van der Waals surface area contributed by atoms with Gasteiger partial charge < -0.3 is 4.74 Å². The maximum atomic E-state index is 11.5. The van der Waals surface area contributed by atoms with Crippen LogP contribution in [0, 0.1) is 12.3 Å². The molecule has 0 fully saturated rings. The molecule has 0 saturated heterocycles. The first-order valence-electron chi connectivity index (χ1n) is 6.34. The largest absolute Gasteiger partial charge is 0.462 e. The highest BCUT2D eigenvalue weighted by Crippen LogP contribution is 2.19. The minimum atomic E-state index is -0.280. The molecule has 0 aliphatic heterocycles. The van der Waals surface area contributed by atoms with Gasteiger partial charge in [-0.15, -0.1) is 0 Å². The van der Waals surface area contributed by atoms with Gasteiger partial charge in [0.1, 0.15) is 0 Å². The SMILES string of the molecule is CCC(C)(C)COC(=O)/C=C/c1ccc(C)cc1. The monoisotopic (exact) mass is 246 g/mol. The van der Waals surface area contributed by atoms with Crippen molar-refractivity contribution < 1.29 is 9.53 Å². The van der Waals surface area contributed by atoms with Gasteiger partial charge in [0.15, 0.2) is 0 Å². The second-order valence-electron chi connectivity index (χ2n) is 5.37. The Bertz CT molecular complexity index is 413. The normalized spacial score (nSPS) is 11.8. The molecule has 2 nitrogen and oxygen atoms in total. The summed E-state index contributed by atoms with van der Waals surface area (Å²) in [4.78, 5) is 11.5. The molecule has 0 bridgehead atoms. The third kappa shape index (κ3) is 5.17. The summed E-state index contributed by atoms with van der Waals surface area (Å²) in [6.07, 6.45) is 4.25. The molecule has 0 atom stereocenters. The summed E-state index contributed by atoms with van der Waals surface area (Å²) < 4.78 is 5.22. The Morgan fingerprint density at radius 1 is 1.28 bits per heavy atom. The highest BCUT2D eigenvalue weighted by atomic mass is 16.5. The average molecular weight is 246 g/mol. The number of hydrogen-bond donors (Lipinski definition) is 0.